The van der Waals surface area contributed by atoms with Crippen molar-refractivity contribution in [3.05, 3.63) is 273 Å². The Morgan fingerprint density at radius 2 is 0.520 bits per heavy atom. The maximum Gasteiger partial charge on any atom is 0.160 e. The van der Waals surface area contributed by atoms with Crippen LogP contribution < -0.4 is 0 Å². The highest BCUT2D eigenvalue weighted by Gasteiger charge is 2.20. The molecule has 0 bridgehead atoms. The molecule has 0 fully saturated rings. The SMILES string of the molecule is c1ccc(-c2cc(-c3ccccc3)nc(-c3cccc(-n4c5ccc(-c6ccc7c(c6)c6ccccc6n7-c6ccccc6)cc5c5cc(-c6ccc7c(c6)c6ccccc6n7-c6ccccc6)ccc54)c3)n2)cc1. The minimum absolute atomic E-state index is 0.676. The topological polar surface area (TPSA) is 40.6 Å². The predicted octanol–water partition coefficient (Wildman–Crippen LogP) is 18.1. The lowest BCUT2D eigenvalue weighted by atomic mass is 9.98. The highest BCUT2D eigenvalue weighted by Crippen LogP contribution is 2.42. The Morgan fingerprint density at radius 3 is 0.947 bits per heavy atom. The minimum atomic E-state index is 0.676. The second kappa shape index (κ2) is 17.3. The first-order valence-electron chi connectivity index (χ1n) is 25.6. The van der Waals surface area contributed by atoms with Crippen LogP contribution in [0.3, 0.4) is 0 Å². The third-order valence-corrected chi connectivity index (χ3v) is 15.0. The summed E-state index contributed by atoms with van der Waals surface area (Å²) in [5.41, 5.74) is 19.8. The van der Waals surface area contributed by atoms with Gasteiger partial charge in [-0.2, -0.15) is 0 Å². The van der Waals surface area contributed by atoms with Crippen LogP contribution in [-0.2, 0) is 0 Å². The number of rotatable bonds is 8. The molecule has 75 heavy (non-hydrogen) atoms. The number of aromatic nitrogens is 5. The van der Waals surface area contributed by atoms with Crippen molar-refractivity contribution in [1.82, 2.24) is 23.7 Å². The molecule has 0 unspecified atom stereocenters. The largest absolute Gasteiger partial charge is 0.309 e. The molecule has 0 saturated carbocycles. The van der Waals surface area contributed by atoms with Crippen LogP contribution in [0.2, 0.25) is 0 Å². The number of para-hydroxylation sites is 4. The lowest BCUT2D eigenvalue weighted by Gasteiger charge is -2.12. The van der Waals surface area contributed by atoms with Gasteiger partial charge in [0.2, 0.25) is 0 Å². The minimum Gasteiger partial charge on any atom is -0.309 e. The molecule has 0 amide bonds. The highest BCUT2D eigenvalue weighted by molar-refractivity contribution is 6.14. The van der Waals surface area contributed by atoms with E-state index in [0.29, 0.717) is 5.82 Å². The summed E-state index contributed by atoms with van der Waals surface area (Å²) in [5, 5.41) is 7.28. The van der Waals surface area contributed by atoms with Crippen LogP contribution in [0.5, 0.6) is 0 Å². The van der Waals surface area contributed by atoms with Gasteiger partial charge >= 0.3 is 0 Å². The second-order valence-electron chi connectivity index (χ2n) is 19.4. The summed E-state index contributed by atoms with van der Waals surface area (Å²) in [6.45, 7) is 0. The molecule has 0 spiro atoms. The van der Waals surface area contributed by atoms with E-state index in [9.17, 15) is 0 Å². The summed E-state index contributed by atoms with van der Waals surface area (Å²) in [6, 6.07) is 98.3. The van der Waals surface area contributed by atoms with Crippen molar-refractivity contribution < 1.29 is 0 Å². The molecule has 11 aromatic carbocycles. The van der Waals surface area contributed by atoms with Gasteiger partial charge in [0.15, 0.2) is 5.82 Å². The van der Waals surface area contributed by atoms with E-state index in [1.807, 2.05) is 12.1 Å². The number of hydrogen-bond acceptors (Lipinski definition) is 2. The van der Waals surface area contributed by atoms with Crippen LogP contribution in [0.25, 0.3) is 139 Å². The van der Waals surface area contributed by atoms with Crippen LogP contribution in [0, 0.1) is 0 Å². The van der Waals surface area contributed by atoms with Crippen LogP contribution in [0.1, 0.15) is 0 Å². The van der Waals surface area contributed by atoms with Crippen molar-refractivity contribution in [1.29, 1.82) is 0 Å². The van der Waals surface area contributed by atoms with Crippen LogP contribution in [-0.4, -0.2) is 23.7 Å². The summed E-state index contributed by atoms with van der Waals surface area (Å²) >= 11 is 0. The summed E-state index contributed by atoms with van der Waals surface area (Å²) in [6.07, 6.45) is 0. The van der Waals surface area contributed by atoms with Gasteiger partial charge < -0.3 is 13.7 Å². The molecule has 15 aromatic rings. The summed E-state index contributed by atoms with van der Waals surface area (Å²) in [4.78, 5) is 10.5. The maximum atomic E-state index is 5.23. The lowest BCUT2D eigenvalue weighted by molar-refractivity contribution is 1.16. The molecule has 0 saturated heterocycles. The summed E-state index contributed by atoms with van der Waals surface area (Å²) in [7, 11) is 0. The second-order valence-corrected chi connectivity index (χ2v) is 19.4. The average Bonchev–Trinajstić information content (AvgIpc) is 4.20. The van der Waals surface area contributed by atoms with Crippen molar-refractivity contribution in [2.45, 2.75) is 0 Å². The Kier molecular flexibility index (Phi) is 9.82. The smallest absolute Gasteiger partial charge is 0.160 e. The van der Waals surface area contributed by atoms with Gasteiger partial charge in [0.25, 0.3) is 0 Å². The average molecular weight is 956 g/mol. The van der Waals surface area contributed by atoms with Crippen molar-refractivity contribution in [2.24, 2.45) is 0 Å². The Morgan fingerprint density at radius 1 is 0.200 bits per heavy atom. The Balaban J connectivity index is 0.922. The number of benzene rings is 11. The molecule has 0 aliphatic heterocycles. The van der Waals surface area contributed by atoms with Gasteiger partial charge in [-0.25, -0.2) is 9.97 Å². The first kappa shape index (κ1) is 42.6. The Bertz CT molecular complexity index is 4410. The molecule has 5 heteroatoms. The summed E-state index contributed by atoms with van der Waals surface area (Å²) < 4.78 is 7.17. The zero-order valence-electron chi connectivity index (χ0n) is 40.7. The Labute approximate surface area is 433 Å². The molecule has 4 heterocycles. The van der Waals surface area contributed by atoms with Crippen molar-refractivity contribution in [3.8, 4) is 73.2 Å². The monoisotopic (exact) mass is 955 g/mol. The maximum absolute atomic E-state index is 5.23. The van der Waals surface area contributed by atoms with Gasteiger partial charge in [0.1, 0.15) is 0 Å². The zero-order chi connectivity index (χ0) is 49.4. The third-order valence-electron chi connectivity index (χ3n) is 15.0. The van der Waals surface area contributed by atoms with Gasteiger partial charge in [-0.15, -0.1) is 0 Å². The van der Waals surface area contributed by atoms with E-state index in [4.69, 9.17) is 9.97 Å². The molecule has 5 nitrogen and oxygen atoms in total. The number of fused-ring (bicyclic) bond motifs is 9. The number of nitrogens with zero attached hydrogens (tertiary/aromatic N) is 5. The zero-order valence-corrected chi connectivity index (χ0v) is 40.7. The molecule has 4 aromatic heterocycles. The third kappa shape index (κ3) is 7.08. The molecule has 15 rings (SSSR count). The fraction of sp³-hybridized carbons (Fsp3) is 0. The van der Waals surface area contributed by atoms with E-state index in [1.165, 1.54) is 65.5 Å². The quantitative estimate of drug-likeness (QED) is 0.152. The standard InChI is InChI=1S/C70H45N5/c1-5-18-46(19-6-1)62-45-63(47-20-7-2-8-21-47)72-70(71-62)52-22-17-27-55(40-52)75-68-38-34-50(48-32-36-66-58(41-48)56-28-13-15-30-64(56)73(66)53-23-9-3-10-24-53)43-60(68)61-44-51(35-39-69(61)75)49-33-37-67-59(42-49)57-29-14-16-31-65(57)74(67)54-25-11-4-12-26-54/h1-45H. The van der Waals surface area contributed by atoms with Crippen molar-refractivity contribution >= 4 is 65.4 Å². The van der Waals surface area contributed by atoms with Gasteiger partial charge in [-0.3, -0.25) is 0 Å². The lowest BCUT2D eigenvalue weighted by Crippen LogP contribution is -1.98. The van der Waals surface area contributed by atoms with Crippen molar-refractivity contribution in [3.63, 3.8) is 0 Å². The molecule has 0 radical (unpaired) electrons. The Hall–Kier alpha value is -10.1. The van der Waals surface area contributed by atoms with Gasteiger partial charge in [-0.1, -0.05) is 170 Å². The fourth-order valence-electron chi connectivity index (χ4n) is 11.6. The van der Waals surface area contributed by atoms with E-state index < -0.39 is 0 Å². The van der Waals surface area contributed by atoms with E-state index in [0.717, 1.165) is 67.3 Å². The highest BCUT2D eigenvalue weighted by atomic mass is 15.0. The number of hydrogen-bond donors (Lipinski definition) is 0. The normalized spacial score (nSPS) is 11.7. The van der Waals surface area contributed by atoms with Gasteiger partial charge in [0, 0.05) is 66.1 Å². The molecular formula is C70H45N5. The molecular weight excluding hydrogens is 911 g/mol. The predicted molar refractivity (Wildman–Crippen MR) is 312 cm³/mol. The van der Waals surface area contributed by atoms with Crippen LogP contribution >= 0.6 is 0 Å². The van der Waals surface area contributed by atoms with E-state index in [-0.39, 0.29) is 0 Å². The molecule has 0 aliphatic carbocycles. The van der Waals surface area contributed by atoms with E-state index in [1.54, 1.807) is 0 Å². The fourth-order valence-corrected chi connectivity index (χ4v) is 11.6. The first-order chi connectivity index (χ1) is 37.2. The van der Waals surface area contributed by atoms with Gasteiger partial charge in [0.05, 0.1) is 44.5 Å². The van der Waals surface area contributed by atoms with Crippen LogP contribution in [0.15, 0.2) is 273 Å². The first-order valence-corrected chi connectivity index (χ1v) is 25.6. The van der Waals surface area contributed by atoms with Crippen molar-refractivity contribution in [2.75, 3.05) is 0 Å². The molecule has 350 valence electrons. The van der Waals surface area contributed by atoms with Crippen LogP contribution in [0.4, 0.5) is 0 Å². The molecule has 0 atom stereocenters. The van der Waals surface area contributed by atoms with E-state index >= 15 is 0 Å². The molecule has 0 aliphatic rings. The summed E-state index contributed by atoms with van der Waals surface area (Å²) in [5.74, 6) is 0.676. The van der Waals surface area contributed by atoms with E-state index in [2.05, 4.69) is 275 Å². The molecule has 0 N–H and O–H groups in total. The van der Waals surface area contributed by atoms with Gasteiger partial charge in [-0.05, 0) is 125 Å².